The number of carbonyl (C=O) groups excluding carboxylic acids is 1. The number of nitrogens with one attached hydrogen (secondary N) is 1. The number of anilines is 1. The Morgan fingerprint density at radius 2 is 2.04 bits per heavy atom. The van der Waals surface area contributed by atoms with E-state index in [2.05, 4.69) is 10.4 Å². The molecule has 2 aromatic rings. The zero-order valence-electron chi connectivity index (χ0n) is 13.6. The van der Waals surface area contributed by atoms with Crippen LogP contribution in [0.2, 0.25) is 10.0 Å². The molecule has 3 N–H and O–H groups in total. The highest BCUT2D eigenvalue weighted by atomic mass is 35.5. The average Bonchev–Trinajstić information content (AvgIpc) is 2.66. The van der Waals surface area contributed by atoms with E-state index in [1.807, 2.05) is 19.9 Å². The van der Waals surface area contributed by atoms with Crippen molar-refractivity contribution < 1.29 is 4.79 Å². The van der Waals surface area contributed by atoms with E-state index in [0.29, 0.717) is 33.5 Å². The van der Waals surface area contributed by atoms with E-state index in [0.717, 1.165) is 5.56 Å². The number of rotatable bonds is 4. The Hall–Kier alpha value is -1.72. The average molecular weight is 355 g/mol. The Labute approximate surface area is 145 Å². The van der Waals surface area contributed by atoms with E-state index in [-0.39, 0.29) is 5.91 Å². The number of aromatic nitrogens is 2. The number of aryl methyl sites for hydroxylation is 2. The van der Waals surface area contributed by atoms with Crippen molar-refractivity contribution in [3.63, 3.8) is 0 Å². The summed E-state index contributed by atoms with van der Waals surface area (Å²) in [5.41, 5.74) is 7.33. The first-order valence-electron chi connectivity index (χ1n) is 7.16. The van der Waals surface area contributed by atoms with Gasteiger partial charge in [0.2, 0.25) is 0 Å². The molecule has 0 fully saturated rings. The normalized spacial score (nSPS) is 11.6. The van der Waals surface area contributed by atoms with Crippen LogP contribution in [0.3, 0.4) is 0 Å². The molecule has 0 aliphatic rings. The lowest BCUT2D eigenvalue weighted by atomic mass is 9.94. The van der Waals surface area contributed by atoms with Crippen LogP contribution in [0.5, 0.6) is 0 Å². The molecule has 0 spiro atoms. The van der Waals surface area contributed by atoms with Crippen molar-refractivity contribution in [2.75, 3.05) is 5.73 Å². The minimum Gasteiger partial charge on any atom is -0.383 e. The summed E-state index contributed by atoms with van der Waals surface area (Å²) >= 11 is 12.1. The molecule has 23 heavy (non-hydrogen) atoms. The van der Waals surface area contributed by atoms with Gasteiger partial charge in [-0.05, 0) is 44.9 Å². The van der Waals surface area contributed by atoms with Gasteiger partial charge >= 0.3 is 0 Å². The minimum absolute atomic E-state index is 0.247. The lowest BCUT2D eigenvalue weighted by Crippen LogP contribution is -2.45. The molecule has 5 nitrogen and oxygen atoms in total. The second-order valence-electron chi connectivity index (χ2n) is 6.22. The maximum absolute atomic E-state index is 12.5. The highest BCUT2D eigenvalue weighted by Gasteiger charge is 2.26. The van der Waals surface area contributed by atoms with Gasteiger partial charge in [0.25, 0.3) is 5.91 Å². The molecule has 0 aliphatic heterocycles. The molecule has 0 aliphatic carbocycles. The number of halogens is 2. The van der Waals surface area contributed by atoms with Gasteiger partial charge in [0.05, 0.1) is 5.69 Å². The zero-order valence-corrected chi connectivity index (χ0v) is 15.1. The zero-order chi connectivity index (χ0) is 17.4. The van der Waals surface area contributed by atoms with Crippen molar-refractivity contribution in [2.45, 2.75) is 32.7 Å². The summed E-state index contributed by atoms with van der Waals surface area (Å²) in [7, 11) is 1.71. The van der Waals surface area contributed by atoms with Gasteiger partial charge in [-0.15, -0.1) is 0 Å². The Bertz CT molecular complexity index is 753. The van der Waals surface area contributed by atoms with Gasteiger partial charge in [-0.2, -0.15) is 5.10 Å². The fourth-order valence-corrected chi connectivity index (χ4v) is 2.99. The van der Waals surface area contributed by atoms with E-state index in [1.165, 1.54) is 4.68 Å². The van der Waals surface area contributed by atoms with Crippen molar-refractivity contribution in [2.24, 2.45) is 7.05 Å². The van der Waals surface area contributed by atoms with Crippen LogP contribution in [0.1, 0.15) is 35.5 Å². The first-order valence-corrected chi connectivity index (χ1v) is 7.92. The Balaban J connectivity index is 2.18. The summed E-state index contributed by atoms with van der Waals surface area (Å²) in [6, 6.07) is 5.34. The van der Waals surface area contributed by atoms with Crippen LogP contribution < -0.4 is 11.1 Å². The molecule has 1 aromatic heterocycles. The molecule has 1 amide bonds. The third-order valence-corrected chi connectivity index (χ3v) is 4.18. The van der Waals surface area contributed by atoms with Gasteiger partial charge in [0, 0.05) is 22.6 Å². The van der Waals surface area contributed by atoms with Crippen molar-refractivity contribution in [1.82, 2.24) is 15.1 Å². The maximum atomic E-state index is 12.5. The van der Waals surface area contributed by atoms with Gasteiger partial charge in [0.15, 0.2) is 0 Å². The fraction of sp³-hybridized carbons (Fsp3) is 0.375. The highest BCUT2D eigenvalue weighted by molar-refractivity contribution is 6.35. The van der Waals surface area contributed by atoms with E-state index in [9.17, 15) is 4.79 Å². The molecule has 0 atom stereocenters. The summed E-state index contributed by atoms with van der Waals surface area (Å²) < 4.78 is 1.49. The molecule has 7 heteroatoms. The summed E-state index contributed by atoms with van der Waals surface area (Å²) in [5, 5.41) is 8.32. The highest BCUT2D eigenvalue weighted by Crippen LogP contribution is 2.25. The number of hydrogen-bond donors (Lipinski definition) is 2. The number of benzene rings is 1. The topological polar surface area (TPSA) is 72.9 Å². The molecule has 0 saturated heterocycles. The summed E-state index contributed by atoms with van der Waals surface area (Å²) in [6.45, 7) is 5.61. The minimum atomic E-state index is -0.511. The lowest BCUT2D eigenvalue weighted by molar-refractivity contribution is 0.0913. The summed E-state index contributed by atoms with van der Waals surface area (Å²) in [4.78, 5) is 12.5. The van der Waals surface area contributed by atoms with Crippen LogP contribution in [0.15, 0.2) is 18.2 Å². The molecule has 0 unspecified atom stereocenters. The standard InChI is InChI=1S/C16H20Cl2N4O/c1-9-13(14(19)22(4)21-9)15(23)20-16(2,3)8-10-5-6-11(17)7-12(10)18/h5-7H,8,19H2,1-4H3,(H,20,23). The first kappa shape index (κ1) is 17.6. The molecule has 1 aromatic carbocycles. The first-order chi connectivity index (χ1) is 10.6. The number of amides is 1. The number of nitrogens with two attached hydrogens (primary N) is 1. The van der Waals surface area contributed by atoms with Crippen LogP contribution in [0.25, 0.3) is 0 Å². The predicted molar refractivity (Wildman–Crippen MR) is 94.1 cm³/mol. The monoisotopic (exact) mass is 354 g/mol. The SMILES string of the molecule is Cc1nn(C)c(N)c1C(=O)NC(C)(C)Cc1ccc(Cl)cc1Cl. The van der Waals surface area contributed by atoms with Crippen LogP contribution in [0.4, 0.5) is 5.82 Å². The summed E-state index contributed by atoms with van der Waals surface area (Å²) in [6.07, 6.45) is 0.563. The third-order valence-electron chi connectivity index (χ3n) is 3.59. The molecule has 0 bridgehead atoms. The van der Waals surface area contributed by atoms with E-state index >= 15 is 0 Å². The van der Waals surface area contributed by atoms with Gasteiger partial charge in [0.1, 0.15) is 11.4 Å². The molecule has 1 heterocycles. The quantitative estimate of drug-likeness (QED) is 0.883. The molecular formula is C16H20Cl2N4O. The Morgan fingerprint density at radius 3 is 2.57 bits per heavy atom. The van der Waals surface area contributed by atoms with Gasteiger partial charge < -0.3 is 11.1 Å². The van der Waals surface area contributed by atoms with Crippen molar-refractivity contribution in [3.8, 4) is 0 Å². The number of hydrogen-bond acceptors (Lipinski definition) is 3. The van der Waals surface area contributed by atoms with Crippen LogP contribution in [0, 0.1) is 6.92 Å². The largest absolute Gasteiger partial charge is 0.383 e. The smallest absolute Gasteiger partial charge is 0.257 e. The van der Waals surface area contributed by atoms with Crippen LogP contribution >= 0.6 is 23.2 Å². The number of carbonyl (C=O) groups is 1. The Morgan fingerprint density at radius 1 is 1.39 bits per heavy atom. The molecule has 124 valence electrons. The van der Waals surface area contributed by atoms with Crippen molar-refractivity contribution >= 4 is 34.9 Å². The molecule has 2 rings (SSSR count). The van der Waals surface area contributed by atoms with E-state index in [4.69, 9.17) is 28.9 Å². The third kappa shape index (κ3) is 3.98. The number of nitrogens with zero attached hydrogens (tertiary/aromatic N) is 2. The fourth-order valence-electron chi connectivity index (χ4n) is 2.51. The van der Waals surface area contributed by atoms with E-state index < -0.39 is 5.54 Å². The van der Waals surface area contributed by atoms with Gasteiger partial charge in [-0.3, -0.25) is 9.48 Å². The number of nitrogen functional groups attached to an aromatic ring is 1. The predicted octanol–water partition coefficient (Wildman–Crippen LogP) is 3.37. The lowest BCUT2D eigenvalue weighted by Gasteiger charge is -2.27. The van der Waals surface area contributed by atoms with Crippen molar-refractivity contribution in [1.29, 1.82) is 0 Å². The van der Waals surface area contributed by atoms with Crippen LogP contribution in [-0.4, -0.2) is 21.2 Å². The summed E-state index contributed by atoms with van der Waals surface area (Å²) in [5.74, 6) is 0.100. The van der Waals surface area contributed by atoms with Crippen LogP contribution in [-0.2, 0) is 13.5 Å². The van der Waals surface area contributed by atoms with Gasteiger partial charge in [-0.25, -0.2) is 0 Å². The Kier molecular flexibility index (Phi) is 4.92. The molecular weight excluding hydrogens is 335 g/mol. The van der Waals surface area contributed by atoms with E-state index in [1.54, 1.807) is 26.1 Å². The van der Waals surface area contributed by atoms with Crippen molar-refractivity contribution in [3.05, 3.63) is 45.1 Å². The second-order valence-corrected chi connectivity index (χ2v) is 7.06. The second kappa shape index (κ2) is 6.42. The van der Waals surface area contributed by atoms with Gasteiger partial charge in [-0.1, -0.05) is 29.3 Å². The molecule has 0 radical (unpaired) electrons. The molecule has 0 saturated carbocycles. The maximum Gasteiger partial charge on any atom is 0.257 e.